The normalized spacial score (nSPS) is 12.7. The highest BCUT2D eigenvalue weighted by molar-refractivity contribution is 7.91. The monoisotopic (exact) mass is 327 g/mol. The molecule has 1 aromatic rings. The lowest BCUT2D eigenvalue weighted by molar-refractivity contribution is -0.145. The summed E-state index contributed by atoms with van der Waals surface area (Å²) in [4.78, 5) is 23.6. The third-order valence-corrected chi connectivity index (χ3v) is 4.87. The number of methoxy groups -OCH3 is 1. The number of ether oxygens (including phenoxy) is 1. The first-order valence-corrected chi connectivity index (χ1v) is 8.59. The predicted octanol–water partition coefficient (Wildman–Crippen LogP) is 1.16. The maximum absolute atomic E-state index is 12.2. The van der Waals surface area contributed by atoms with Crippen LogP contribution < -0.4 is 5.32 Å². The first kappa shape index (κ1) is 18.2. The smallest absolute Gasteiger partial charge is 0.328 e. The van der Waals surface area contributed by atoms with E-state index in [-0.39, 0.29) is 28.9 Å². The van der Waals surface area contributed by atoms with Crippen molar-refractivity contribution in [2.45, 2.75) is 31.2 Å². The van der Waals surface area contributed by atoms with Crippen molar-refractivity contribution in [3.8, 4) is 0 Å². The molecule has 0 aromatic heterocycles. The van der Waals surface area contributed by atoms with E-state index in [0.717, 1.165) is 0 Å². The summed E-state index contributed by atoms with van der Waals surface area (Å²) in [6, 6.07) is 7.00. The van der Waals surface area contributed by atoms with E-state index in [0.29, 0.717) is 0 Å². The Morgan fingerprint density at radius 3 is 2.27 bits per heavy atom. The Kier molecular flexibility index (Phi) is 6.55. The summed E-state index contributed by atoms with van der Waals surface area (Å²) in [5, 5.41) is 2.51. The molecular weight excluding hydrogens is 306 g/mol. The molecule has 1 atom stereocenters. The standard InChI is InChI=1S/C15H21NO5S/c1-11(2)14(17)16-13(15(18)21-3)9-10-22(19,20)12-7-5-4-6-8-12/h4-8,11,13H,9-10H2,1-3H3,(H,16,17)/t13-/m0/s1. The van der Waals surface area contributed by atoms with Gasteiger partial charge >= 0.3 is 5.97 Å². The number of hydrogen-bond acceptors (Lipinski definition) is 5. The van der Waals surface area contributed by atoms with Crippen LogP contribution in [0.4, 0.5) is 0 Å². The number of nitrogens with one attached hydrogen (secondary N) is 1. The summed E-state index contributed by atoms with van der Waals surface area (Å²) < 4.78 is 29.0. The van der Waals surface area contributed by atoms with Gasteiger partial charge in [0.05, 0.1) is 17.8 Å². The molecule has 1 N–H and O–H groups in total. The van der Waals surface area contributed by atoms with E-state index in [1.165, 1.54) is 19.2 Å². The summed E-state index contributed by atoms with van der Waals surface area (Å²) >= 11 is 0. The van der Waals surface area contributed by atoms with Gasteiger partial charge in [0, 0.05) is 5.92 Å². The molecule has 0 aliphatic heterocycles. The average molecular weight is 327 g/mol. The van der Waals surface area contributed by atoms with Crippen LogP contribution in [-0.2, 0) is 24.2 Å². The van der Waals surface area contributed by atoms with E-state index < -0.39 is 21.8 Å². The van der Waals surface area contributed by atoms with Gasteiger partial charge in [-0.2, -0.15) is 0 Å². The number of sulfone groups is 1. The lowest BCUT2D eigenvalue weighted by atomic mass is 10.1. The van der Waals surface area contributed by atoms with E-state index in [2.05, 4.69) is 10.1 Å². The first-order chi connectivity index (χ1) is 10.3. The van der Waals surface area contributed by atoms with Gasteiger partial charge < -0.3 is 10.1 Å². The summed E-state index contributed by atoms with van der Waals surface area (Å²) in [7, 11) is -2.32. The Morgan fingerprint density at radius 1 is 1.18 bits per heavy atom. The van der Waals surface area contributed by atoms with Crippen LogP contribution in [0.3, 0.4) is 0 Å². The van der Waals surface area contributed by atoms with Crippen LogP contribution in [0, 0.1) is 5.92 Å². The zero-order valence-corrected chi connectivity index (χ0v) is 13.7. The molecule has 0 bridgehead atoms. The van der Waals surface area contributed by atoms with Crippen LogP contribution in [-0.4, -0.2) is 39.2 Å². The second kappa shape index (κ2) is 7.93. The van der Waals surface area contributed by atoms with E-state index in [9.17, 15) is 18.0 Å². The van der Waals surface area contributed by atoms with Crippen LogP contribution in [0.25, 0.3) is 0 Å². The van der Waals surface area contributed by atoms with Gasteiger partial charge in [-0.1, -0.05) is 32.0 Å². The van der Waals surface area contributed by atoms with E-state index in [1.54, 1.807) is 32.0 Å². The Hall–Kier alpha value is -1.89. The summed E-state index contributed by atoms with van der Waals surface area (Å²) in [6.45, 7) is 3.37. The molecule has 122 valence electrons. The molecule has 0 heterocycles. The number of rotatable bonds is 7. The quantitative estimate of drug-likeness (QED) is 0.759. The second-order valence-electron chi connectivity index (χ2n) is 5.16. The molecule has 0 spiro atoms. The maximum atomic E-state index is 12.2. The van der Waals surface area contributed by atoms with Crippen LogP contribution in [0.2, 0.25) is 0 Å². The number of esters is 1. The Bertz CT molecular complexity index is 610. The Balaban J connectivity index is 2.79. The van der Waals surface area contributed by atoms with E-state index in [4.69, 9.17) is 0 Å². The minimum atomic E-state index is -3.51. The molecule has 0 saturated heterocycles. The van der Waals surface area contributed by atoms with Gasteiger partial charge in [0.2, 0.25) is 5.91 Å². The van der Waals surface area contributed by atoms with E-state index in [1.807, 2.05) is 0 Å². The van der Waals surface area contributed by atoms with Gasteiger partial charge in [0.1, 0.15) is 6.04 Å². The van der Waals surface area contributed by atoms with Crippen molar-refractivity contribution in [3.05, 3.63) is 30.3 Å². The van der Waals surface area contributed by atoms with Crippen LogP contribution in [0.15, 0.2) is 35.2 Å². The van der Waals surface area contributed by atoms with Gasteiger partial charge in [0.25, 0.3) is 0 Å². The van der Waals surface area contributed by atoms with Crippen LogP contribution in [0.1, 0.15) is 20.3 Å². The molecule has 0 aliphatic rings. The second-order valence-corrected chi connectivity index (χ2v) is 7.27. The SMILES string of the molecule is COC(=O)[C@H](CCS(=O)(=O)c1ccccc1)NC(=O)C(C)C. The van der Waals surface area contributed by atoms with Crippen molar-refractivity contribution in [2.24, 2.45) is 5.92 Å². The van der Waals surface area contributed by atoms with Gasteiger partial charge in [-0.3, -0.25) is 4.79 Å². The zero-order chi connectivity index (χ0) is 16.8. The van der Waals surface area contributed by atoms with Gasteiger partial charge in [-0.25, -0.2) is 13.2 Å². The lowest BCUT2D eigenvalue weighted by Crippen LogP contribution is -2.44. The third kappa shape index (κ3) is 5.14. The molecule has 0 unspecified atom stereocenters. The molecule has 6 nitrogen and oxygen atoms in total. The zero-order valence-electron chi connectivity index (χ0n) is 12.9. The van der Waals surface area contributed by atoms with Crippen molar-refractivity contribution in [1.29, 1.82) is 0 Å². The summed E-state index contributed by atoms with van der Waals surface area (Å²) in [5.41, 5.74) is 0. The fourth-order valence-corrected chi connectivity index (χ4v) is 3.10. The molecule has 22 heavy (non-hydrogen) atoms. The number of benzene rings is 1. The van der Waals surface area contributed by atoms with Gasteiger partial charge in [-0.05, 0) is 18.6 Å². The van der Waals surface area contributed by atoms with Gasteiger partial charge in [-0.15, -0.1) is 0 Å². The number of carbonyl (C=O) groups excluding carboxylic acids is 2. The number of hydrogen-bond donors (Lipinski definition) is 1. The fourth-order valence-electron chi connectivity index (χ4n) is 1.75. The molecule has 1 aromatic carbocycles. The Labute approximate surface area is 130 Å². The summed E-state index contributed by atoms with van der Waals surface area (Å²) in [6.07, 6.45) is -0.0393. The van der Waals surface area contributed by atoms with Crippen molar-refractivity contribution in [1.82, 2.24) is 5.32 Å². The highest BCUT2D eigenvalue weighted by Gasteiger charge is 2.25. The van der Waals surface area contributed by atoms with Crippen molar-refractivity contribution in [3.63, 3.8) is 0 Å². The first-order valence-electron chi connectivity index (χ1n) is 6.94. The highest BCUT2D eigenvalue weighted by atomic mass is 32.2. The highest BCUT2D eigenvalue weighted by Crippen LogP contribution is 2.12. The molecule has 1 rings (SSSR count). The van der Waals surface area contributed by atoms with Crippen LogP contribution >= 0.6 is 0 Å². The molecule has 0 saturated carbocycles. The Morgan fingerprint density at radius 2 is 1.77 bits per heavy atom. The maximum Gasteiger partial charge on any atom is 0.328 e. The molecule has 1 amide bonds. The third-order valence-electron chi connectivity index (χ3n) is 3.10. The fraction of sp³-hybridized carbons (Fsp3) is 0.467. The topological polar surface area (TPSA) is 89.5 Å². The number of carbonyl (C=O) groups is 2. The lowest BCUT2D eigenvalue weighted by Gasteiger charge is -2.17. The predicted molar refractivity (Wildman–Crippen MR) is 81.9 cm³/mol. The van der Waals surface area contributed by atoms with Crippen LogP contribution in [0.5, 0.6) is 0 Å². The van der Waals surface area contributed by atoms with Crippen molar-refractivity contribution in [2.75, 3.05) is 12.9 Å². The minimum absolute atomic E-state index is 0.0393. The number of amides is 1. The van der Waals surface area contributed by atoms with Crippen molar-refractivity contribution < 1.29 is 22.7 Å². The molecule has 0 radical (unpaired) electrons. The molecular formula is C15H21NO5S. The van der Waals surface area contributed by atoms with Crippen molar-refractivity contribution >= 4 is 21.7 Å². The van der Waals surface area contributed by atoms with E-state index >= 15 is 0 Å². The largest absolute Gasteiger partial charge is 0.467 e. The average Bonchev–Trinajstić information content (AvgIpc) is 2.51. The molecule has 7 heteroatoms. The molecule has 0 fully saturated rings. The van der Waals surface area contributed by atoms with Gasteiger partial charge in [0.15, 0.2) is 9.84 Å². The summed E-state index contributed by atoms with van der Waals surface area (Å²) in [5.74, 6) is -1.54. The molecule has 0 aliphatic carbocycles. The minimum Gasteiger partial charge on any atom is -0.467 e.